The van der Waals surface area contributed by atoms with Gasteiger partial charge in [-0.15, -0.1) is 11.3 Å². The second-order valence-electron chi connectivity index (χ2n) is 6.22. The minimum Gasteiger partial charge on any atom is -0.338 e. The van der Waals surface area contributed by atoms with Crippen molar-refractivity contribution in [3.05, 3.63) is 34.0 Å². The Morgan fingerprint density at radius 1 is 1.29 bits per heavy atom. The molecule has 0 saturated carbocycles. The molecule has 0 bridgehead atoms. The van der Waals surface area contributed by atoms with Gasteiger partial charge in [-0.1, -0.05) is 0 Å². The van der Waals surface area contributed by atoms with E-state index in [1.54, 1.807) is 11.3 Å². The zero-order chi connectivity index (χ0) is 15.5. The molecule has 0 atom stereocenters. The molecule has 0 unspecified atom stereocenters. The molecule has 0 spiro atoms. The summed E-state index contributed by atoms with van der Waals surface area (Å²) in [6.45, 7) is 9.99. The fourth-order valence-electron chi connectivity index (χ4n) is 1.83. The Kier molecular flexibility index (Phi) is 4.90. The fraction of sp³-hybridized carbons (Fsp3) is 0.533. The monoisotopic (exact) mass is 305 g/mol. The maximum atomic E-state index is 4.60. The van der Waals surface area contributed by atoms with Crippen LogP contribution < -0.4 is 10.2 Å². The van der Waals surface area contributed by atoms with Crippen LogP contribution in [0.15, 0.2) is 17.1 Å². The predicted octanol–water partition coefficient (Wildman–Crippen LogP) is 2.77. The van der Waals surface area contributed by atoms with E-state index in [2.05, 4.69) is 41.0 Å². The summed E-state index contributed by atoms with van der Waals surface area (Å²) < 4.78 is 0. The smallest absolute Gasteiger partial charge is 0.225 e. The maximum Gasteiger partial charge on any atom is 0.225 e. The number of anilines is 1. The highest BCUT2D eigenvalue weighted by Gasteiger charge is 2.12. The Morgan fingerprint density at radius 3 is 2.62 bits per heavy atom. The van der Waals surface area contributed by atoms with Crippen LogP contribution in [0.2, 0.25) is 0 Å². The van der Waals surface area contributed by atoms with Crippen LogP contribution in [0.4, 0.5) is 5.95 Å². The third-order valence-corrected chi connectivity index (χ3v) is 3.74. The van der Waals surface area contributed by atoms with E-state index in [0.717, 1.165) is 36.0 Å². The van der Waals surface area contributed by atoms with Crippen molar-refractivity contribution in [1.82, 2.24) is 20.3 Å². The second-order valence-corrected chi connectivity index (χ2v) is 6.94. The van der Waals surface area contributed by atoms with Gasteiger partial charge in [0.2, 0.25) is 5.95 Å². The average molecular weight is 305 g/mol. The van der Waals surface area contributed by atoms with Gasteiger partial charge in [0.1, 0.15) is 0 Å². The molecule has 2 heterocycles. The Balaban J connectivity index is 2.04. The quantitative estimate of drug-likeness (QED) is 0.920. The molecule has 1 N–H and O–H groups in total. The predicted molar refractivity (Wildman–Crippen MR) is 87.6 cm³/mol. The first-order valence-electron chi connectivity index (χ1n) is 7.01. The Labute approximate surface area is 130 Å². The van der Waals surface area contributed by atoms with Gasteiger partial charge in [0, 0.05) is 42.0 Å². The zero-order valence-electron chi connectivity index (χ0n) is 13.3. The van der Waals surface area contributed by atoms with E-state index in [1.165, 1.54) is 0 Å². The summed E-state index contributed by atoms with van der Waals surface area (Å²) in [5.41, 5.74) is 5.13. The van der Waals surface area contributed by atoms with Crippen LogP contribution in [0.5, 0.6) is 0 Å². The van der Waals surface area contributed by atoms with Gasteiger partial charge >= 0.3 is 0 Å². The van der Waals surface area contributed by atoms with Gasteiger partial charge < -0.3 is 10.2 Å². The Morgan fingerprint density at radius 2 is 2.05 bits per heavy atom. The van der Waals surface area contributed by atoms with Crippen molar-refractivity contribution < 1.29 is 0 Å². The van der Waals surface area contributed by atoms with E-state index in [4.69, 9.17) is 0 Å². The Hall–Kier alpha value is -1.53. The number of nitrogens with one attached hydrogen (secondary N) is 1. The normalized spacial score (nSPS) is 11.7. The van der Waals surface area contributed by atoms with Crippen LogP contribution in [-0.2, 0) is 13.1 Å². The highest BCUT2D eigenvalue weighted by molar-refractivity contribution is 7.07. The van der Waals surface area contributed by atoms with Crippen molar-refractivity contribution in [2.24, 2.45) is 0 Å². The summed E-state index contributed by atoms with van der Waals surface area (Å²) in [5, 5.41) is 5.51. The van der Waals surface area contributed by atoms with E-state index in [0.29, 0.717) is 0 Å². The number of hydrogen-bond donors (Lipinski definition) is 1. The molecule has 0 fully saturated rings. The Bertz CT molecular complexity index is 574. The van der Waals surface area contributed by atoms with Crippen molar-refractivity contribution in [3.63, 3.8) is 0 Å². The molecule has 0 aliphatic rings. The standard InChI is InChI=1S/C15H23N5S/c1-11-12(7-18-15(2,3)4)6-16-14(19-11)20(5)8-13-9-21-10-17-13/h6,9-10,18H,7-8H2,1-5H3. The molecule has 21 heavy (non-hydrogen) atoms. The number of thiazole rings is 1. The first kappa shape index (κ1) is 15.9. The molecule has 0 aliphatic heterocycles. The largest absolute Gasteiger partial charge is 0.338 e. The molecular weight excluding hydrogens is 282 g/mol. The first-order chi connectivity index (χ1) is 9.85. The lowest BCUT2D eigenvalue weighted by molar-refractivity contribution is 0.423. The first-order valence-corrected chi connectivity index (χ1v) is 7.95. The van der Waals surface area contributed by atoms with Crippen LogP contribution in [0.3, 0.4) is 0 Å². The van der Waals surface area contributed by atoms with Gasteiger partial charge in [-0.3, -0.25) is 0 Å². The summed E-state index contributed by atoms with van der Waals surface area (Å²) in [4.78, 5) is 15.4. The minimum absolute atomic E-state index is 0.0898. The molecule has 0 aromatic carbocycles. The highest BCUT2D eigenvalue weighted by atomic mass is 32.1. The molecule has 0 aliphatic carbocycles. The number of hydrogen-bond acceptors (Lipinski definition) is 6. The van der Waals surface area contributed by atoms with Gasteiger partial charge in [-0.05, 0) is 27.7 Å². The molecule has 2 rings (SSSR count). The van der Waals surface area contributed by atoms with E-state index in [1.807, 2.05) is 36.0 Å². The lowest BCUT2D eigenvalue weighted by Crippen LogP contribution is -2.35. The zero-order valence-corrected chi connectivity index (χ0v) is 14.2. The molecule has 0 radical (unpaired) electrons. The van der Waals surface area contributed by atoms with Crippen LogP contribution in [0, 0.1) is 6.92 Å². The number of rotatable bonds is 5. The van der Waals surface area contributed by atoms with Crippen molar-refractivity contribution in [1.29, 1.82) is 0 Å². The maximum absolute atomic E-state index is 4.60. The van der Waals surface area contributed by atoms with Crippen molar-refractivity contribution >= 4 is 17.3 Å². The van der Waals surface area contributed by atoms with Gasteiger partial charge in [0.15, 0.2) is 0 Å². The van der Waals surface area contributed by atoms with Crippen molar-refractivity contribution in [2.75, 3.05) is 11.9 Å². The van der Waals surface area contributed by atoms with E-state index in [9.17, 15) is 0 Å². The number of aromatic nitrogens is 3. The molecule has 0 amide bonds. The molecule has 2 aromatic heterocycles. The molecule has 5 nitrogen and oxygen atoms in total. The van der Waals surface area contributed by atoms with Gasteiger partial charge in [-0.2, -0.15) is 0 Å². The number of nitrogens with zero attached hydrogens (tertiary/aromatic N) is 4. The SMILES string of the molecule is Cc1nc(N(C)Cc2cscn2)ncc1CNC(C)(C)C. The molecule has 114 valence electrons. The summed E-state index contributed by atoms with van der Waals surface area (Å²) in [5.74, 6) is 0.736. The third kappa shape index (κ3) is 4.75. The second kappa shape index (κ2) is 6.49. The number of aryl methyl sites for hydroxylation is 1. The van der Waals surface area contributed by atoms with Gasteiger partial charge in [0.05, 0.1) is 17.7 Å². The summed E-state index contributed by atoms with van der Waals surface area (Å²) in [7, 11) is 1.99. The van der Waals surface area contributed by atoms with Crippen LogP contribution in [0.1, 0.15) is 37.7 Å². The van der Waals surface area contributed by atoms with Crippen LogP contribution in [0.25, 0.3) is 0 Å². The lowest BCUT2D eigenvalue weighted by atomic mass is 10.1. The van der Waals surface area contributed by atoms with E-state index in [-0.39, 0.29) is 5.54 Å². The summed E-state index contributed by atoms with van der Waals surface area (Å²) in [6, 6.07) is 0. The molecule has 2 aromatic rings. The van der Waals surface area contributed by atoms with Crippen molar-refractivity contribution in [3.8, 4) is 0 Å². The van der Waals surface area contributed by atoms with Crippen LogP contribution >= 0.6 is 11.3 Å². The lowest BCUT2D eigenvalue weighted by Gasteiger charge is -2.21. The molecule has 0 saturated heterocycles. The van der Waals surface area contributed by atoms with E-state index < -0.39 is 0 Å². The minimum atomic E-state index is 0.0898. The average Bonchev–Trinajstić information content (AvgIpc) is 2.89. The topological polar surface area (TPSA) is 53.9 Å². The molecule has 6 heteroatoms. The van der Waals surface area contributed by atoms with E-state index >= 15 is 0 Å². The highest BCUT2D eigenvalue weighted by Crippen LogP contribution is 2.14. The third-order valence-electron chi connectivity index (χ3n) is 3.10. The van der Waals surface area contributed by atoms with Gasteiger partial charge in [-0.25, -0.2) is 15.0 Å². The summed E-state index contributed by atoms with van der Waals surface area (Å²) >= 11 is 1.60. The van der Waals surface area contributed by atoms with Gasteiger partial charge in [0.25, 0.3) is 0 Å². The summed E-state index contributed by atoms with van der Waals surface area (Å²) in [6.07, 6.45) is 1.91. The molecular formula is C15H23N5S. The fourth-order valence-corrected chi connectivity index (χ4v) is 2.38. The van der Waals surface area contributed by atoms with Crippen molar-refractivity contribution in [2.45, 2.75) is 46.3 Å². The van der Waals surface area contributed by atoms with Crippen LogP contribution in [-0.4, -0.2) is 27.5 Å².